The molecule has 0 amide bonds. The van der Waals surface area contributed by atoms with Crippen molar-refractivity contribution >= 4 is 54.8 Å². The molecule has 0 aliphatic rings. The molecule has 0 N–H and O–H groups in total. The maximum atomic E-state index is 13.9. The number of hydrogen-bond acceptors (Lipinski definition) is 1. The van der Waals surface area contributed by atoms with Crippen molar-refractivity contribution in [2.45, 2.75) is 4.83 Å². The molecule has 1 heterocycles. The van der Waals surface area contributed by atoms with Crippen LogP contribution in [0.2, 0.25) is 5.02 Å². The van der Waals surface area contributed by atoms with E-state index in [0.29, 0.717) is 15.1 Å². The molecule has 84 valence electrons. The summed E-state index contributed by atoms with van der Waals surface area (Å²) in [5.41, 5.74) is 0.582. The van der Waals surface area contributed by atoms with Gasteiger partial charge < -0.3 is 0 Å². The molecule has 0 bridgehead atoms. The van der Waals surface area contributed by atoms with Crippen LogP contribution < -0.4 is 0 Å². The van der Waals surface area contributed by atoms with E-state index in [4.69, 9.17) is 11.6 Å². The summed E-state index contributed by atoms with van der Waals surface area (Å²) in [6, 6.07) is 7.04. The Morgan fingerprint density at radius 3 is 2.69 bits per heavy atom. The van der Waals surface area contributed by atoms with Crippen molar-refractivity contribution in [3.63, 3.8) is 0 Å². The normalized spacial score (nSPS) is 12.8. The summed E-state index contributed by atoms with van der Waals surface area (Å²) in [6.45, 7) is 0. The van der Waals surface area contributed by atoms with E-state index in [-0.39, 0.29) is 10.6 Å². The highest BCUT2D eigenvalue weighted by molar-refractivity contribution is 9.10. The van der Waals surface area contributed by atoms with Gasteiger partial charge in [0.15, 0.2) is 0 Å². The smallest absolute Gasteiger partial charge is 0.142 e. The lowest BCUT2D eigenvalue weighted by atomic mass is 10.1. The van der Waals surface area contributed by atoms with Gasteiger partial charge in [0.1, 0.15) is 5.82 Å². The van der Waals surface area contributed by atoms with Crippen molar-refractivity contribution in [1.82, 2.24) is 0 Å². The van der Waals surface area contributed by atoms with Gasteiger partial charge in [-0.25, -0.2) is 4.39 Å². The van der Waals surface area contributed by atoms with Gasteiger partial charge in [-0.05, 0) is 33.4 Å². The van der Waals surface area contributed by atoms with E-state index in [9.17, 15) is 4.39 Å². The molecule has 1 aromatic heterocycles. The third kappa shape index (κ3) is 2.35. The summed E-state index contributed by atoms with van der Waals surface area (Å²) < 4.78 is 14.3. The number of thiophene rings is 1. The third-order valence-electron chi connectivity index (χ3n) is 2.13. The second kappa shape index (κ2) is 5.17. The molecule has 2 aromatic rings. The third-order valence-corrected chi connectivity index (χ3v) is 5.42. The van der Waals surface area contributed by atoms with Crippen LogP contribution in [0.25, 0.3) is 0 Å². The minimum absolute atomic E-state index is 0.211. The molecule has 16 heavy (non-hydrogen) atoms. The van der Waals surface area contributed by atoms with E-state index in [0.717, 1.165) is 4.88 Å². The zero-order chi connectivity index (χ0) is 11.7. The van der Waals surface area contributed by atoms with Gasteiger partial charge in [0.05, 0.1) is 14.3 Å². The van der Waals surface area contributed by atoms with Crippen LogP contribution in [0.1, 0.15) is 15.3 Å². The van der Waals surface area contributed by atoms with Crippen molar-refractivity contribution in [3.05, 3.63) is 55.4 Å². The largest absolute Gasteiger partial charge is 0.205 e. The highest BCUT2D eigenvalue weighted by Gasteiger charge is 2.19. The predicted octanol–water partition coefficient (Wildman–Crippen LogP) is 5.79. The average Bonchev–Trinajstić information content (AvgIpc) is 2.68. The topological polar surface area (TPSA) is 0 Å². The molecule has 0 radical (unpaired) electrons. The fourth-order valence-corrected chi connectivity index (χ4v) is 3.94. The maximum Gasteiger partial charge on any atom is 0.142 e. The van der Waals surface area contributed by atoms with Gasteiger partial charge in [-0.3, -0.25) is 0 Å². The van der Waals surface area contributed by atoms with Crippen LogP contribution in [-0.4, -0.2) is 0 Å². The van der Waals surface area contributed by atoms with Crippen molar-refractivity contribution in [3.8, 4) is 0 Å². The highest BCUT2D eigenvalue weighted by atomic mass is 79.9. The molecule has 0 nitrogen and oxygen atoms in total. The van der Waals surface area contributed by atoms with Crippen LogP contribution in [0.5, 0.6) is 0 Å². The Morgan fingerprint density at radius 2 is 2.06 bits per heavy atom. The SMILES string of the molecule is Fc1c(Br)cccc1C(Br)c1sccc1Cl. The number of halogens is 4. The van der Waals surface area contributed by atoms with E-state index in [2.05, 4.69) is 31.9 Å². The van der Waals surface area contributed by atoms with Crippen LogP contribution in [0.4, 0.5) is 4.39 Å². The zero-order valence-electron chi connectivity index (χ0n) is 7.88. The van der Waals surface area contributed by atoms with E-state index >= 15 is 0 Å². The molecule has 0 fully saturated rings. The Labute approximate surface area is 119 Å². The summed E-state index contributed by atoms with van der Waals surface area (Å²) in [7, 11) is 0. The summed E-state index contributed by atoms with van der Waals surface area (Å²) >= 11 is 14.2. The van der Waals surface area contributed by atoms with Crippen LogP contribution in [0, 0.1) is 5.82 Å². The molecular weight excluding hydrogens is 378 g/mol. The first-order chi connectivity index (χ1) is 7.61. The molecule has 1 unspecified atom stereocenters. The number of hydrogen-bond donors (Lipinski definition) is 0. The molecule has 1 atom stereocenters. The van der Waals surface area contributed by atoms with Crippen LogP contribution in [0.3, 0.4) is 0 Å². The minimum Gasteiger partial charge on any atom is -0.205 e. The molecule has 1 aromatic carbocycles. The second-order valence-electron chi connectivity index (χ2n) is 3.14. The van der Waals surface area contributed by atoms with E-state index in [1.54, 1.807) is 18.2 Å². The first kappa shape index (κ1) is 12.6. The first-order valence-corrected chi connectivity index (χ1v) is 7.38. The van der Waals surface area contributed by atoms with Crippen LogP contribution in [0.15, 0.2) is 34.1 Å². The van der Waals surface area contributed by atoms with Gasteiger partial charge >= 0.3 is 0 Å². The number of alkyl halides is 1. The van der Waals surface area contributed by atoms with Gasteiger partial charge in [-0.15, -0.1) is 11.3 Å². The monoisotopic (exact) mass is 382 g/mol. The van der Waals surface area contributed by atoms with Crippen LogP contribution in [-0.2, 0) is 0 Å². The lowest BCUT2D eigenvalue weighted by Crippen LogP contribution is -1.95. The predicted molar refractivity (Wildman–Crippen MR) is 74.2 cm³/mol. The van der Waals surface area contributed by atoms with Gasteiger partial charge in [-0.1, -0.05) is 39.7 Å². The molecule has 5 heteroatoms. The molecule has 0 aliphatic carbocycles. The molecule has 2 rings (SSSR count). The summed E-state index contributed by atoms with van der Waals surface area (Å²) in [5.74, 6) is -0.256. The minimum atomic E-state index is -0.256. The Morgan fingerprint density at radius 1 is 1.31 bits per heavy atom. The quantitative estimate of drug-likeness (QED) is 0.575. The van der Waals surface area contributed by atoms with Gasteiger partial charge in [-0.2, -0.15) is 0 Å². The van der Waals surface area contributed by atoms with Crippen molar-refractivity contribution in [2.75, 3.05) is 0 Å². The standard InChI is InChI=1S/C11H6Br2ClFS/c12-7-3-1-2-6(10(7)15)9(13)11-8(14)4-5-16-11/h1-5,9H. The van der Waals surface area contributed by atoms with Crippen molar-refractivity contribution in [2.24, 2.45) is 0 Å². The Bertz CT molecular complexity index is 512. The molecule has 0 saturated heterocycles. The summed E-state index contributed by atoms with van der Waals surface area (Å²) in [4.78, 5) is 0.705. The fourth-order valence-electron chi connectivity index (χ4n) is 1.34. The molecule has 0 saturated carbocycles. The fraction of sp³-hybridized carbons (Fsp3) is 0.0909. The van der Waals surface area contributed by atoms with Gasteiger partial charge in [0.25, 0.3) is 0 Å². The van der Waals surface area contributed by atoms with E-state index < -0.39 is 0 Å². The average molecular weight is 384 g/mol. The van der Waals surface area contributed by atoms with Crippen LogP contribution >= 0.6 is 54.8 Å². The molecule has 0 spiro atoms. The Hall–Kier alpha value is 0.1000. The Balaban J connectivity index is 2.46. The molecular formula is C11H6Br2ClFS. The number of benzene rings is 1. The van der Waals surface area contributed by atoms with Gasteiger partial charge in [0, 0.05) is 10.4 Å². The number of rotatable bonds is 2. The first-order valence-electron chi connectivity index (χ1n) is 4.42. The van der Waals surface area contributed by atoms with Crippen molar-refractivity contribution < 1.29 is 4.39 Å². The summed E-state index contributed by atoms with van der Waals surface area (Å²) in [5, 5.41) is 2.55. The highest BCUT2D eigenvalue weighted by Crippen LogP contribution is 2.40. The van der Waals surface area contributed by atoms with Crippen molar-refractivity contribution in [1.29, 1.82) is 0 Å². The van der Waals surface area contributed by atoms with E-state index in [1.807, 2.05) is 11.4 Å². The maximum absolute atomic E-state index is 13.9. The zero-order valence-corrected chi connectivity index (χ0v) is 12.6. The molecule has 0 aliphatic heterocycles. The lowest BCUT2D eigenvalue weighted by Gasteiger charge is -2.11. The Kier molecular flexibility index (Phi) is 4.06. The second-order valence-corrected chi connectivity index (χ2v) is 6.26. The van der Waals surface area contributed by atoms with E-state index in [1.165, 1.54) is 11.3 Å². The lowest BCUT2D eigenvalue weighted by molar-refractivity contribution is 0.607. The summed E-state index contributed by atoms with van der Waals surface area (Å²) in [6.07, 6.45) is 0. The van der Waals surface area contributed by atoms with Gasteiger partial charge in [0.2, 0.25) is 0 Å².